The molecule has 1 aliphatic heterocycles. The molecule has 21 heavy (non-hydrogen) atoms. The van der Waals surface area contributed by atoms with Gasteiger partial charge in [0.05, 0.1) is 37.9 Å². The van der Waals surface area contributed by atoms with Crippen molar-refractivity contribution >= 4 is 23.9 Å². The molecule has 1 saturated heterocycles. The normalized spacial score (nSPS) is 39.7. The molecule has 4 rings (SSSR count). The minimum Gasteiger partial charge on any atom is -0.469 e. The standard InChI is InChI=1S/C14H14O7/c1-19-11(15)7-5-3-4-6(8(7)12(16)20-2)10-9(5)13(17)21-14(10)18/h3-10H,1-2H3/t5-,6+,7-,8-,9+,10-/m1/s1. The predicted molar refractivity (Wildman–Crippen MR) is 65.2 cm³/mol. The van der Waals surface area contributed by atoms with Gasteiger partial charge in [-0.25, -0.2) is 0 Å². The van der Waals surface area contributed by atoms with E-state index in [0.29, 0.717) is 0 Å². The molecule has 2 fully saturated rings. The Morgan fingerprint density at radius 3 is 1.62 bits per heavy atom. The van der Waals surface area contributed by atoms with E-state index in [1.54, 1.807) is 12.2 Å². The first-order valence-corrected chi connectivity index (χ1v) is 6.60. The quantitative estimate of drug-likeness (QED) is 0.298. The van der Waals surface area contributed by atoms with Crippen molar-refractivity contribution in [3.63, 3.8) is 0 Å². The van der Waals surface area contributed by atoms with E-state index in [-0.39, 0.29) is 0 Å². The van der Waals surface area contributed by atoms with E-state index in [1.807, 2.05) is 0 Å². The number of cyclic esters (lactones) is 2. The van der Waals surface area contributed by atoms with Gasteiger partial charge in [0.15, 0.2) is 0 Å². The van der Waals surface area contributed by atoms with Gasteiger partial charge >= 0.3 is 23.9 Å². The summed E-state index contributed by atoms with van der Waals surface area (Å²) in [5.41, 5.74) is 0. The van der Waals surface area contributed by atoms with Crippen LogP contribution in [0.1, 0.15) is 0 Å². The number of esters is 4. The lowest BCUT2D eigenvalue weighted by Crippen LogP contribution is -2.54. The number of methoxy groups -OCH3 is 2. The van der Waals surface area contributed by atoms with Crippen LogP contribution in [0.25, 0.3) is 0 Å². The van der Waals surface area contributed by atoms with Crippen molar-refractivity contribution in [3.05, 3.63) is 12.2 Å². The average Bonchev–Trinajstić information content (AvgIpc) is 2.82. The highest BCUT2D eigenvalue weighted by atomic mass is 16.6. The summed E-state index contributed by atoms with van der Waals surface area (Å²) >= 11 is 0. The maximum absolute atomic E-state index is 12.1. The number of hydrogen-bond acceptors (Lipinski definition) is 7. The molecule has 1 heterocycles. The number of carbonyl (C=O) groups excluding carboxylic acids is 4. The van der Waals surface area contributed by atoms with Gasteiger partial charge in [-0.2, -0.15) is 0 Å². The van der Waals surface area contributed by atoms with Gasteiger partial charge in [0.2, 0.25) is 0 Å². The maximum Gasteiger partial charge on any atom is 0.318 e. The molecular formula is C14H14O7. The number of rotatable bonds is 2. The summed E-state index contributed by atoms with van der Waals surface area (Å²) in [4.78, 5) is 47.9. The third-order valence-corrected chi connectivity index (χ3v) is 4.68. The molecule has 112 valence electrons. The van der Waals surface area contributed by atoms with Crippen LogP contribution in [0.3, 0.4) is 0 Å². The van der Waals surface area contributed by atoms with E-state index >= 15 is 0 Å². The van der Waals surface area contributed by atoms with Crippen LogP contribution in [0, 0.1) is 35.5 Å². The Hall–Kier alpha value is -2.18. The highest BCUT2D eigenvalue weighted by Crippen LogP contribution is 2.54. The molecule has 7 nitrogen and oxygen atoms in total. The van der Waals surface area contributed by atoms with Crippen molar-refractivity contribution in [1.29, 1.82) is 0 Å². The summed E-state index contributed by atoms with van der Waals surface area (Å²) in [5, 5.41) is 0. The third-order valence-electron chi connectivity index (χ3n) is 4.68. The van der Waals surface area contributed by atoms with Crippen LogP contribution in [0.5, 0.6) is 0 Å². The number of ether oxygens (including phenoxy) is 3. The fourth-order valence-corrected chi connectivity index (χ4v) is 3.86. The Balaban J connectivity index is 2.08. The summed E-state index contributed by atoms with van der Waals surface area (Å²) in [6.45, 7) is 0. The third kappa shape index (κ3) is 1.73. The zero-order valence-corrected chi connectivity index (χ0v) is 11.5. The molecule has 0 aromatic carbocycles. The van der Waals surface area contributed by atoms with Crippen molar-refractivity contribution in [2.24, 2.45) is 35.5 Å². The monoisotopic (exact) mass is 294 g/mol. The van der Waals surface area contributed by atoms with E-state index in [4.69, 9.17) is 14.2 Å². The molecule has 0 aromatic rings. The van der Waals surface area contributed by atoms with Crippen LogP contribution in [0.15, 0.2) is 12.2 Å². The van der Waals surface area contributed by atoms with Crippen LogP contribution in [0.4, 0.5) is 0 Å². The van der Waals surface area contributed by atoms with Gasteiger partial charge in [0.25, 0.3) is 0 Å². The topological polar surface area (TPSA) is 96.0 Å². The number of hydrogen-bond donors (Lipinski definition) is 0. The van der Waals surface area contributed by atoms with Crippen LogP contribution in [0.2, 0.25) is 0 Å². The fraction of sp³-hybridized carbons (Fsp3) is 0.571. The number of allylic oxidation sites excluding steroid dienone is 2. The van der Waals surface area contributed by atoms with E-state index in [9.17, 15) is 19.2 Å². The van der Waals surface area contributed by atoms with Crippen molar-refractivity contribution in [3.8, 4) is 0 Å². The van der Waals surface area contributed by atoms with Crippen molar-refractivity contribution in [2.75, 3.05) is 14.2 Å². The molecule has 0 amide bonds. The van der Waals surface area contributed by atoms with Gasteiger partial charge in [-0.1, -0.05) is 12.2 Å². The molecule has 2 bridgehead atoms. The van der Waals surface area contributed by atoms with Crippen molar-refractivity contribution in [1.82, 2.24) is 0 Å². The molecule has 3 aliphatic carbocycles. The minimum atomic E-state index is -0.836. The van der Waals surface area contributed by atoms with E-state index < -0.39 is 59.4 Å². The highest BCUT2D eigenvalue weighted by molar-refractivity contribution is 5.99. The van der Waals surface area contributed by atoms with Gasteiger partial charge in [-0.15, -0.1) is 0 Å². The first-order valence-electron chi connectivity index (χ1n) is 6.60. The molecule has 0 N–H and O–H groups in total. The Kier molecular flexibility index (Phi) is 3.07. The van der Waals surface area contributed by atoms with E-state index in [1.165, 1.54) is 14.2 Å². The first kappa shape index (κ1) is 13.8. The maximum atomic E-state index is 12.1. The minimum absolute atomic E-state index is 0.588. The Morgan fingerprint density at radius 2 is 1.29 bits per heavy atom. The van der Waals surface area contributed by atoms with Crippen LogP contribution >= 0.6 is 0 Å². The lowest BCUT2D eigenvalue weighted by atomic mass is 9.53. The molecule has 7 heteroatoms. The van der Waals surface area contributed by atoms with Crippen LogP contribution in [-0.2, 0) is 33.4 Å². The van der Waals surface area contributed by atoms with Crippen LogP contribution < -0.4 is 0 Å². The molecule has 6 atom stereocenters. The van der Waals surface area contributed by atoms with E-state index in [0.717, 1.165) is 0 Å². The Bertz CT molecular complexity index is 516. The molecule has 0 aromatic heterocycles. The van der Waals surface area contributed by atoms with Crippen molar-refractivity contribution < 1.29 is 33.4 Å². The molecule has 4 aliphatic rings. The zero-order chi connectivity index (χ0) is 15.3. The lowest BCUT2D eigenvalue weighted by molar-refractivity contribution is -0.169. The predicted octanol–water partition coefficient (Wildman–Crippen LogP) is -0.304. The van der Waals surface area contributed by atoms with Gasteiger partial charge in [0, 0.05) is 11.8 Å². The van der Waals surface area contributed by atoms with Gasteiger partial charge < -0.3 is 14.2 Å². The second-order valence-electron chi connectivity index (χ2n) is 5.43. The first-order chi connectivity index (χ1) is 10.0. The summed E-state index contributed by atoms with van der Waals surface area (Å²) in [7, 11) is 2.44. The summed E-state index contributed by atoms with van der Waals surface area (Å²) in [5.74, 6) is -6.75. The van der Waals surface area contributed by atoms with E-state index in [2.05, 4.69) is 0 Å². The van der Waals surface area contributed by atoms with Crippen molar-refractivity contribution in [2.45, 2.75) is 0 Å². The van der Waals surface area contributed by atoms with Gasteiger partial charge in [-0.3, -0.25) is 19.2 Å². The molecule has 0 spiro atoms. The average molecular weight is 294 g/mol. The Labute approximate surface area is 120 Å². The second kappa shape index (κ2) is 4.68. The SMILES string of the molecule is COC(=O)[C@@H]1[C@H]2C=C[C@@H]([C@H]1C(=O)OC)[C@H]1C(=O)OC(=O)[C@@H]21. The van der Waals surface area contributed by atoms with Gasteiger partial charge in [0.1, 0.15) is 0 Å². The summed E-state index contributed by atoms with van der Waals surface area (Å²) in [6.07, 6.45) is 3.40. The largest absolute Gasteiger partial charge is 0.469 e. The summed E-state index contributed by atoms with van der Waals surface area (Å²) in [6, 6.07) is 0. The molecular weight excluding hydrogens is 280 g/mol. The number of fused-ring (bicyclic) bond motifs is 1. The Morgan fingerprint density at radius 1 is 0.905 bits per heavy atom. The highest BCUT2D eigenvalue weighted by Gasteiger charge is 2.65. The number of carbonyl (C=O) groups is 4. The molecule has 1 saturated carbocycles. The fourth-order valence-electron chi connectivity index (χ4n) is 3.86. The van der Waals surface area contributed by atoms with Gasteiger partial charge in [-0.05, 0) is 0 Å². The zero-order valence-electron chi connectivity index (χ0n) is 11.5. The molecule has 0 unspecified atom stereocenters. The smallest absolute Gasteiger partial charge is 0.318 e. The summed E-state index contributed by atoms with van der Waals surface area (Å²) < 4.78 is 14.2. The lowest BCUT2D eigenvalue weighted by Gasteiger charge is -2.46. The molecule has 0 radical (unpaired) electrons. The van der Waals surface area contributed by atoms with Crippen LogP contribution in [-0.4, -0.2) is 38.1 Å². The second-order valence-corrected chi connectivity index (χ2v) is 5.43.